The molecule has 0 bridgehead atoms. The largest absolute Gasteiger partial charge is 0.364 e. The highest BCUT2D eigenvalue weighted by Gasteiger charge is 2.45. The van der Waals surface area contributed by atoms with Crippen LogP contribution in [-0.2, 0) is 4.74 Å². The molecular weight excluding hydrogens is 592 g/mol. The van der Waals surface area contributed by atoms with Crippen molar-refractivity contribution >= 4 is 69.3 Å². The average molecular weight is 628 g/mol. The maximum atomic E-state index is 6.42. The third-order valence-electron chi connectivity index (χ3n) is 6.62. The fraction of sp³-hybridized carbons (Fsp3) is 0.152. The molecule has 0 radical (unpaired) electrons. The molecule has 0 aliphatic rings. The summed E-state index contributed by atoms with van der Waals surface area (Å²) in [6.45, 7) is 2.85. The van der Waals surface area contributed by atoms with Crippen LogP contribution in [0, 0.1) is 0 Å². The molecule has 7 nitrogen and oxygen atoms in total. The van der Waals surface area contributed by atoms with Crippen LogP contribution in [0.15, 0.2) is 132 Å². The molecular formula is C33H36N6OPS2+. The summed E-state index contributed by atoms with van der Waals surface area (Å²) in [5.41, 5.74) is 7.93. The Bertz CT molecular complexity index is 1420. The number of nitrogens with zero attached hydrogens (tertiary/aromatic N) is 2. The minimum absolute atomic E-state index is 0.393. The van der Waals surface area contributed by atoms with Gasteiger partial charge >= 0.3 is 0 Å². The highest BCUT2D eigenvalue weighted by atomic mass is 32.1. The Kier molecular flexibility index (Phi) is 12.3. The van der Waals surface area contributed by atoms with Gasteiger partial charge in [0.2, 0.25) is 0 Å². The van der Waals surface area contributed by atoms with Crippen LogP contribution in [0.3, 0.4) is 0 Å². The van der Waals surface area contributed by atoms with Crippen LogP contribution >= 0.6 is 31.7 Å². The zero-order valence-electron chi connectivity index (χ0n) is 24.2. The van der Waals surface area contributed by atoms with E-state index in [2.05, 4.69) is 123 Å². The third kappa shape index (κ3) is 8.75. The van der Waals surface area contributed by atoms with E-state index in [1.165, 1.54) is 15.9 Å². The maximum absolute atomic E-state index is 6.42. The number of thiocarbonyl (C=S) groups is 2. The van der Waals surface area contributed by atoms with Crippen molar-refractivity contribution in [2.24, 2.45) is 10.2 Å². The van der Waals surface area contributed by atoms with E-state index in [0.717, 1.165) is 5.56 Å². The molecule has 0 saturated carbocycles. The first-order valence-corrected chi connectivity index (χ1v) is 16.7. The number of rotatable bonds is 12. The van der Waals surface area contributed by atoms with Gasteiger partial charge in [0.1, 0.15) is 28.9 Å². The van der Waals surface area contributed by atoms with Gasteiger partial charge in [-0.25, -0.2) is 0 Å². The molecule has 0 fully saturated rings. The van der Waals surface area contributed by atoms with Gasteiger partial charge in [-0.3, -0.25) is 10.9 Å². The molecule has 43 heavy (non-hydrogen) atoms. The summed E-state index contributed by atoms with van der Waals surface area (Å²) < 4.78 is 6.42. The van der Waals surface area contributed by atoms with Crippen molar-refractivity contribution in [3.05, 3.63) is 127 Å². The molecule has 0 aromatic heterocycles. The number of ether oxygens (including phenoxy) is 1. The Hall–Kier alpha value is -4.01. The van der Waals surface area contributed by atoms with Crippen LogP contribution in [0.4, 0.5) is 0 Å². The maximum Gasteiger partial charge on any atom is 0.187 e. The lowest BCUT2D eigenvalue weighted by atomic mass is 10.1. The first-order chi connectivity index (χ1) is 21.0. The second-order valence-corrected chi connectivity index (χ2v) is 13.7. The van der Waals surface area contributed by atoms with E-state index in [1.807, 2.05) is 37.3 Å². The molecule has 0 unspecified atom stereocenters. The monoisotopic (exact) mass is 627 g/mol. The summed E-state index contributed by atoms with van der Waals surface area (Å²) in [4.78, 5) is 0. The molecule has 0 amide bonds. The molecule has 4 N–H and O–H groups in total. The van der Waals surface area contributed by atoms with E-state index in [1.54, 1.807) is 7.05 Å². The normalized spacial score (nSPS) is 11.9. The highest BCUT2D eigenvalue weighted by Crippen LogP contribution is 2.55. The van der Waals surface area contributed by atoms with Crippen LogP contribution in [0.5, 0.6) is 0 Å². The number of hydrogen-bond donors (Lipinski definition) is 4. The van der Waals surface area contributed by atoms with Gasteiger partial charge in [-0.15, -0.1) is 0 Å². The minimum atomic E-state index is -2.05. The van der Waals surface area contributed by atoms with Crippen molar-refractivity contribution < 1.29 is 4.74 Å². The van der Waals surface area contributed by atoms with Gasteiger partial charge in [-0.2, -0.15) is 10.2 Å². The highest BCUT2D eigenvalue weighted by molar-refractivity contribution is 7.95. The first kappa shape index (κ1) is 31.9. The van der Waals surface area contributed by atoms with Crippen molar-refractivity contribution in [1.29, 1.82) is 0 Å². The topological polar surface area (TPSA) is 82.1 Å². The van der Waals surface area contributed by atoms with Crippen molar-refractivity contribution in [2.75, 3.05) is 26.5 Å². The Balaban J connectivity index is 1.40. The second kappa shape index (κ2) is 16.6. The van der Waals surface area contributed by atoms with Gasteiger partial charge in [-0.05, 0) is 67.8 Å². The zero-order chi connectivity index (χ0) is 30.3. The lowest BCUT2D eigenvalue weighted by Gasteiger charge is -2.27. The van der Waals surface area contributed by atoms with E-state index < -0.39 is 7.26 Å². The summed E-state index contributed by atoms with van der Waals surface area (Å²) >= 11 is 10.7. The van der Waals surface area contributed by atoms with Crippen LogP contribution < -0.4 is 37.4 Å². The molecule has 220 valence electrons. The molecule has 0 saturated heterocycles. The van der Waals surface area contributed by atoms with Gasteiger partial charge in [-0.1, -0.05) is 84.9 Å². The number of hydrogen-bond acceptors (Lipinski definition) is 5. The van der Waals surface area contributed by atoms with Gasteiger partial charge in [0.05, 0.1) is 12.3 Å². The lowest BCUT2D eigenvalue weighted by molar-refractivity contribution is 0.185. The van der Waals surface area contributed by atoms with E-state index in [-0.39, 0.29) is 0 Å². The summed E-state index contributed by atoms with van der Waals surface area (Å²) in [5.74, 6) is 0. The number of benzene rings is 4. The van der Waals surface area contributed by atoms with E-state index >= 15 is 0 Å². The fourth-order valence-electron chi connectivity index (χ4n) is 4.50. The molecule has 0 spiro atoms. The summed E-state index contributed by atoms with van der Waals surface area (Å²) in [6.07, 6.45) is 0.572. The van der Waals surface area contributed by atoms with Crippen molar-refractivity contribution in [3.8, 4) is 0 Å². The Morgan fingerprint density at radius 3 is 1.63 bits per heavy atom. The fourth-order valence-corrected chi connectivity index (χ4v) is 8.48. The van der Waals surface area contributed by atoms with Crippen LogP contribution in [-0.4, -0.2) is 48.2 Å². The van der Waals surface area contributed by atoms with E-state index in [0.29, 0.717) is 41.1 Å². The van der Waals surface area contributed by atoms with Crippen LogP contribution in [0.25, 0.3) is 0 Å². The van der Waals surface area contributed by atoms with Gasteiger partial charge < -0.3 is 15.4 Å². The van der Waals surface area contributed by atoms with Crippen LogP contribution in [0.1, 0.15) is 12.5 Å². The molecule has 0 aliphatic heterocycles. The smallest absolute Gasteiger partial charge is 0.187 e. The molecule has 10 heteroatoms. The summed E-state index contributed by atoms with van der Waals surface area (Å²) in [7, 11) is -0.320. The second-order valence-electron chi connectivity index (χ2n) is 9.44. The molecule has 4 rings (SSSR count). The average Bonchev–Trinajstić information content (AvgIpc) is 3.07. The van der Waals surface area contributed by atoms with Gasteiger partial charge in [0.15, 0.2) is 16.6 Å². The predicted molar refractivity (Wildman–Crippen MR) is 191 cm³/mol. The zero-order valence-corrected chi connectivity index (χ0v) is 26.8. The summed E-state index contributed by atoms with van der Waals surface area (Å²) in [6, 6.07) is 41.8. The van der Waals surface area contributed by atoms with Crippen molar-refractivity contribution in [1.82, 2.24) is 21.5 Å². The van der Waals surface area contributed by atoms with Gasteiger partial charge in [0.25, 0.3) is 0 Å². The number of nitrogens with one attached hydrogen (secondary N) is 4. The van der Waals surface area contributed by atoms with Crippen molar-refractivity contribution in [3.63, 3.8) is 0 Å². The van der Waals surface area contributed by atoms with Gasteiger partial charge in [0, 0.05) is 19.2 Å². The quantitative estimate of drug-likeness (QED) is 0.0614. The van der Waals surface area contributed by atoms with Crippen LogP contribution in [0.2, 0.25) is 0 Å². The Morgan fingerprint density at radius 2 is 1.14 bits per heavy atom. The standard InChI is InChI=1S/C33H35N6OPS2/c1-26(31(37-38-32(42)34-2)27-15-7-3-8-16-27)36-39-33(43)35-23-24-40-25-41(28-17-9-4-10-18-28,29-19-11-5-12-20-29)30-21-13-6-14-22-30/h3-22H,23-25H2,1-2H3,(H3-,34,35,36,37,38,39,42,43)/p+1. The lowest BCUT2D eigenvalue weighted by Crippen LogP contribution is -2.37. The minimum Gasteiger partial charge on any atom is -0.364 e. The Morgan fingerprint density at radius 1 is 0.674 bits per heavy atom. The Labute approximate surface area is 265 Å². The third-order valence-corrected chi connectivity index (χ3v) is 11.3. The van der Waals surface area contributed by atoms with Crippen molar-refractivity contribution in [2.45, 2.75) is 6.92 Å². The number of hydrazone groups is 2. The van der Waals surface area contributed by atoms with E-state index in [9.17, 15) is 0 Å². The first-order valence-electron chi connectivity index (χ1n) is 13.9. The molecule has 0 heterocycles. The molecule has 0 aliphatic carbocycles. The van der Waals surface area contributed by atoms with E-state index in [4.69, 9.17) is 29.2 Å². The molecule has 0 atom stereocenters. The summed E-state index contributed by atoms with van der Waals surface area (Å²) in [5, 5.41) is 19.6. The molecule has 4 aromatic rings. The molecule has 4 aromatic carbocycles. The predicted octanol–water partition coefficient (Wildman–Crippen LogP) is 4.29. The SMILES string of the molecule is CNC(=S)N/N=C(/C(C)=N/NC(=S)NCCOC[P+](c1ccccc1)(c1ccccc1)c1ccccc1)c1ccccc1.